The summed E-state index contributed by atoms with van der Waals surface area (Å²) in [7, 11) is 1.54. The van der Waals surface area contributed by atoms with Crippen LogP contribution in [0, 0.1) is 0 Å². The molecule has 0 spiro atoms. The number of methoxy groups -OCH3 is 1. The largest absolute Gasteiger partial charge is 0.383 e. The Balaban J connectivity index is 2.36. The fraction of sp³-hybridized carbons (Fsp3) is 0.188. The van der Waals surface area contributed by atoms with Gasteiger partial charge < -0.3 is 4.74 Å². The summed E-state index contributed by atoms with van der Waals surface area (Å²) in [6, 6.07) is 8.93. The van der Waals surface area contributed by atoms with Crippen LogP contribution in [-0.2, 0) is 11.3 Å². The van der Waals surface area contributed by atoms with E-state index in [0.29, 0.717) is 40.3 Å². The Labute approximate surface area is 136 Å². The van der Waals surface area contributed by atoms with Gasteiger partial charge in [-0.25, -0.2) is 9.78 Å². The lowest BCUT2D eigenvalue weighted by Gasteiger charge is -2.11. The van der Waals surface area contributed by atoms with Crippen molar-refractivity contribution in [1.82, 2.24) is 14.5 Å². The topological polar surface area (TPSA) is 77.0 Å². The summed E-state index contributed by atoms with van der Waals surface area (Å²) in [5.41, 5.74) is 0.662. The van der Waals surface area contributed by atoms with E-state index >= 15 is 0 Å². The molecule has 0 fully saturated rings. The number of rotatable bonds is 4. The predicted octanol–water partition coefficient (Wildman–Crippen LogP) is 2.05. The van der Waals surface area contributed by atoms with Crippen LogP contribution in [0.15, 0.2) is 46.1 Å². The van der Waals surface area contributed by atoms with Crippen LogP contribution < -0.4 is 11.2 Å². The third-order valence-electron chi connectivity index (χ3n) is 3.56. The van der Waals surface area contributed by atoms with Gasteiger partial charge in [0, 0.05) is 29.5 Å². The SMILES string of the molecule is COCCn1c(=O)[nH]c(=O)c2c(-c3ccccc3Cl)ccnc21. The van der Waals surface area contributed by atoms with Crippen molar-refractivity contribution < 1.29 is 4.74 Å². The number of hydrogen-bond acceptors (Lipinski definition) is 4. The van der Waals surface area contributed by atoms with Crippen LogP contribution in [-0.4, -0.2) is 28.3 Å². The molecule has 1 aromatic carbocycles. The normalized spacial score (nSPS) is 11.0. The van der Waals surface area contributed by atoms with Crippen LogP contribution >= 0.6 is 11.6 Å². The van der Waals surface area contributed by atoms with Crippen LogP contribution in [0.2, 0.25) is 5.02 Å². The lowest BCUT2D eigenvalue weighted by atomic mass is 10.0. The molecule has 6 nitrogen and oxygen atoms in total. The minimum absolute atomic E-state index is 0.293. The van der Waals surface area contributed by atoms with E-state index in [1.165, 1.54) is 4.57 Å². The molecule has 0 saturated carbocycles. The number of fused-ring (bicyclic) bond motifs is 1. The Morgan fingerprint density at radius 2 is 2.00 bits per heavy atom. The van der Waals surface area contributed by atoms with Crippen molar-refractivity contribution in [1.29, 1.82) is 0 Å². The molecule has 0 amide bonds. The van der Waals surface area contributed by atoms with Gasteiger partial charge in [0.15, 0.2) is 0 Å². The zero-order valence-electron chi connectivity index (χ0n) is 12.4. The average molecular weight is 332 g/mol. The monoisotopic (exact) mass is 331 g/mol. The molecule has 0 radical (unpaired) electrons. The molecule has 3 aromatic rings. The van der Waals surface area contributed by atoms with Crippen molar-refractivity contribution in [2.24, 2.45) is 0 Å². The fourth-order valence-corrected chi connectivity index (χ4v) is 2.73. The highest BCUT2D eigenvalue weighted by Gasteiger charge is 2.15. The second kappa shape index (κ2) is 6.36. The maximum atomic E-state index is 12.3. The van der Waals surface area contributed by atoms with Gasteiger partial charge >= 0.3 is 5.69 Å². The Kier molecular flexibility index (Phi) is 4.27. The van der Waals surface area contributed by atoms with E-state index in [0.717, 1.165) is 0 Å². The Morgan fingerprint density at radius 3 is 2.74 bits per heavy atom. The van der Waals surface area contributed by atoms with E-state index in [4.69, 9.17) is 16.3 Å². The maximum Gasteiger partial charge on any atom is 0.330 e. The third kappa shape index (κ3) is 2.78. The number of halogens is 1. The molecule has 0 saturated heterocycles. The molecule has 0 unspecified atom stereocenters. The molecule has 7 heteroatoms. The summed E-state index contributed by atoms with van der Waals surface area (Å²) >= 11 is 6.24. The van der Waals surface area contributed by atoms with Crippen LogP contribution in [0.5, 0.6) is 0 Å². The van der Waals surface area contributed by atoms with Crippen LogP contribution in [0.4, 0.5) is 0 Å². The first-order valence-corrected chi connectivity index (χ1v) is 7.37. The molecular formula is C16H14ClN3O3. The number of aromatic amines is 1. The molecular weight excluding hydrogens is 318 g/mol. The number of hydrogen-bond donors (Lipinski definition) is 1. The van der Waals surface area contributed by atoms with Gasteiger partial charge in [0.25, 0.3) is 5.56 Å². The third-order valence-corrected chi connectivity index (χ3v) is 3.89. The lowest BCUT2D eigenvalue weighted by molar-refractivity contribution is 0.187. The Morgan fingerprint density at radius 1 is 1.22 bits per heavy atom. The van der Waals surface area contributed by atoms with Gasteiger partial charge in [-0.2, -0.15) is 0 Å². The van der Waals surface area contributed by atoms with Gasteiger partial charge in [0.05, 0.1) is 18.5 Å². The van der Waals surface area contributed by atoms with Gasteiger partial charge in [-0.1, -0.05) is 29.8 Å². The number of nitrogens with one attached hydrogen (secondary N) is 1. The molecule has 0 atom stereocenters. The van der Waals surface area contributed by atoms with E-state index in [-0.39, 0.29) is 0 Å². The van der Waals surface area contributed by atoms with Crippen LogP contribution in [0.25, 0.3) is 22.2 Å². The second-order valence-corrected chi connectivity index (χ2v) is 5.35. The number of aromatic nitrogens is 3. The summed E-state index contributed by atoms with van der Waals surface area (Å²) in [5.74, 6) is 0. The summed E-state index contributed by atoms with van der Waals surface area (Å²) in [6.07, 6.45) is 1.56. The standard InChI is InChI=1S/C16H14ClN3O3/c1-23-9-8-20-14-13(15(21)19-16(20)22)11(6-7-18-14)10-4-2-3-5-12(10)17/h2-7H,8-9H2,1H3,(H,19,21,22). The highest BCUT2D eigenvalue weighted by molar-refractivity contribution is 6.33. The molecule has 2 heterocycles. The number of benzene rings is 1. The minimum Gasteiger partial charge on any atom is -0.383 e. The molecule has 0 aliphatic heterocycles. The van der Waals surface area contributed by atoms with E-state index in [9.17, 15) is 9.59 Å². The lowest BCUT2D eigenvalue weighted by Crippen LogP contribution is -2.32. The molecule has 0 aliphatic rings. The second-order valence-electron chi connectivity index (χ2n) is 4.94. The summed E-state index contributed by atoms with van der Waals surface area (Å²) in [5, 5.41) is 0.852. The maximum absolute atomic E-state index is 12.3. The Hall–Kier alpha value is -2.44. The van der Waals surface area contributed by atoms with Crippen molar-refractivity contribution in [3.63, 3.8) is 0 Å². The summed E-state index contributed by atoms with van der Waals surface area (Å²) in [6.45, 7) is 0.626. The predicted molar refractivity (Wildman–Crippen MR) is 88.9 cm³/mol. The van der Waals surface area contributed by atoms with E-state index in [2.05, 4.69) is 9.97 Å². The molecule has 1 N–H and O–H groups in total. The fourth-order valence-electron chi connectivity index (χ4n) is 2.50. The van der Waals surface area contributed by atoms with Crippen molar-refractivity contribution >= 4 is 22.6 Å². The molecule has 23 heavy (non-hydrogen) atoms. The molecule has 3 rings (SSSR count). The number of ether oxygens (including phenoxy) is 1. The highest BCUT2D eigenvalue weighted by atomic mass is 35.5. The van der Waals surface area contributed by atoms with Gasteiger partial charge in [0.2, 0.25) is 0 Å². The van der Waals surface area contributed by atoms with Gasteiger partial charge in [-0.3, -0.25) is 14.3 Å². The first-order chi connectivity index (χ1) is 11.1. The minimum atomic E-state index is -0.511. The number of nitrogens with zero attached hydrogens (tertiary/aromatic N) is 2. The molecule has 118 valence electrons. The van der Waals surface area contributed by atoms with Crippen molar-refractivity contribution in [2.45, 2.75) is 6.54 Å². The molecule has 2 aromatic heterocycles. The van der Waals surface area contributed by atoms with Crippen LogP contribution in [0.1, 0.15) is 0 Å². The summed E-state index contributed by atoms with van der Waals surface area (Å²) < 4.78 is 6.40. The summed E-state index contributed by atoms with van der Waals surface area (Å²) in [4.78, 5) is 31.0. The smallest absolute Gasteiger partial charge is 0.330 e. The highest BCUT2D eigenvalue weighted by Crippen LogP contribution is 2.30. The van der Waals surface area contributed by atoms with Gasteiger partial charge in [-0.05, 0) is 12.1 Å². The quantitative estimate of drug-likeness (QED) is 0.793. The van der Waals surface area contributed by atoms with Crippen molar-refractivity contribution in [3.8, 4) is 11.1 Å². The van der Waals surface area contributed by atoms with E-state index < -0.39 is 11.2 Å². The number of pyridine rings is 1. The van der Waals surface area contributed by atoms with Crippen molar-refractivity contribution in [2.75, 3.05) is 13.7 Å². The first-order valence-electron chi connectivity index (χ1n) is 6.99. The zero-order valence-corrected chi connectivity index (χ0v) is 13.1. The molecule has 0 bridgehead atoms. The van der Waals surface area contributed by atoms with Crippen LogP contribution in [0.3, 0.4) is 0 Å². The van der Waals surface area contributed by atoms with Crippen molar-refractivity contribution in [3.05, 3.63) is 62.4 Å². The molecule has 0 aliphatic carbocycles. The average Bonchev–Trinajstić information content (AvgIpc) is 2.54. The Bertz CT molecular complexity index is 978. The van der Waals surface area contributed by atoms with Gasteiger partial charge in [0.1, 0.15) is 5.65 Å². The first kappa shape index (κ1) is 15.5. The van der Waals surface area contributed by atoms with E-state index in [1.54, 1.807) is 25.4 Å². The van der Waals surface area contributed by atoms with Gasteiger partial charge in [-0.15, -0.1) is 0 Å². The van der Waals surface area contributed by atoms with E-state index in [1.807, 2.05) is 18.2 Å². The zero-order chi connectivity index (χ0) is 16.4. The number of H-pyrrole nitrogens is 1.